The topological polar surface area (TPSA) is 92.1 Å². The summed E-state index contributed by atoms with van der Waals surface area (Å²) in [6, 6.07) is -2.48. The monoisotopic (exact) mass is 415 g/mol. The first kappa shape index (κ1) is 20.3. The molecule has 0 aliphatic heterocycles. The first-order valence-corrected chi connectivity index (χ1v) is 8.12. The zero-order chi connectivity index (χ0) is 21.3. The summed E-state index contributed by atoms with van der Waals surface area (Å²) < 4.78 is 73.1. The largest absolute Gasteiger partial charge is 0.455 e. The van der Waals surface area contributed by atoms with Crippen LogP contribution in [0, 0.1) is 18.6 Å². The molecule has 0 fully saturated rings. The van der Waals surface area contributed by atoms with Crippen LogP contribution in [0.1, 0.15) is 17.4 Å². The molecule has 2 amide bonds. The normalized spacial score (nSPS) is 12.7. The van der Waals surface area contributed by atoms with Gasteiger partial charge in [-0.25, -0.2) is 23.5 Å². The summed E-state index contributed by atoms with van der Waals surface area (Å²) in [5, 5.41) is 6.37. The van der Waals surface area contributed by atoms with Crippen LogP contribution in [-0.2, 0) is 0 Å². The number of amides is 2. The van der Waals surface area contributed by atoms with Crippen molar-refractivity contribution < 1.29 is 31.2 Å². The number of furan rings is 1. The summed E-state index contributed by atoms with van der Waals surface area (Å²) >= 11 is 0. The molecule has 0 aliphatic rings. The summed E-state index contributed by atoms with van der Waals surface area (Å²) in [7, 11) is 1.56. The van der Waals surface area contributed by atoms with Gasteiger partial charge in [0, 0.05) is 24.1 Å². The van der Waals surface area contributed by atoms with E-state index in [-0.39, 0.29) is 22.6 Å². The van der Waals surface area contributed by atoms with E-state index in [9.17, 15) is 26.7 Å². The number of hydrogen-bond donors (Lipinski definition) is 3. The summed E-state index contributed by atoms with van der Waals surface area (Å²) in [5.74, 6) is -2.63. The average Bonchev–Trinajstić information content (AvgIpc) is 2.96. The van der Waals surface area contributed by atoms with Crippen LogP contribution in [0.4, 0.5) is 38.4 Å². The fraction of sp³-hybridized carbons (Fsp3) is 0.235. The fourth-order valence-electron chi connectivity index (χ4n) is 2.65. The molecule has 12 heteroatoms. The lowest BCUT2D eigenvalue weighted by atomic mass is 10.1. The summed E-state index contributed by atoms with van der Waals surface area (Å²) in [5.41, 5.74) is -0.647. The Morgan fingerprint density at radius 1 is 1.17 bits per heavy atom. The van der Waals surface area contributed by atoms with E-state index in [1.54, 1.807) is 12.4 Å². The number of benzene rings is 1. The molecule has 29 heavy (non-hydrogen) atoms. The number of hydrogen-bond acceptors (Lipinski definition) is 5. The van der Waals surface area contributed by atoms with Crippen molar-refractivity contribution in [3.05, 3.63) is 47.5 Å². The predicted octanol–water partition coefficient (Wildman–Crippen LogP) is 4.28. The molecule has 2 heterocycles. The van der Waals surface area contributed by atoms with E-state index in [1.807, 2.05) is 0 Å². The first-order chi connectivity index (χ1) is 13.6. The molecule has 1 aromatic carbocycles. The number of fused-ring (bicyclic) bond motifs is 1. The van der Waals surface area contributed by atoms with Crippen LogP contribution in [0.2, 0.25) is 0 Å². The maximum atomic E-state index is 13.9. The highest BCUT2D eigenvalue weighted by Gasteiger charge is 2.45. The molecule has 0 bridgehead atoms. The van der Waals surface area contributed by atoms with Crippen molar-refractivity contribution >= 4 is 28.6 Å². The Labute approximate surface area is 160 Å². The minimum atomic E-state index is -4.97. The van der Waals surface area contributed by atoms with Crippen molar-refractivity contribution in [3.63, 3.8) is 0 Å². The number of nitrogens with zero attached hydrogens (tertiary/aromatic N) is 2. The molecule has 3 aromatic rings. The minimum absolute atomic E-state index is 0.0388. The molecular weight excluding hydrogens is 401 g/mol. The van der Waals surface area contributed by atoms with Crippen LogP contribution in [0.3, 0.4) is 0 Å². The zero-order valence-electron chi connectivity index (χ0n) is 15.0. The highest BCUT2D eigenvalue weighted by Crippen LogP contribution is 2.39. The highest BCUT2D eigenvalue weighted by atomic mass is 19.4. The summed E-state index contributed by atoms with van der Waals surface area (Å²) in [4.78, 5) is 19.7. The van der Waals surface area contributed by atoms with E-state index in [0.717, 1.165) is 6.07 Å². The van der Waals surface area contributed by atoms with Crippen molar-refractivity contribution in [1.82, 2.24) is 15.3 Å². The SMILES string of the molecule is CNc1ncc(NC(=O)NC(c2oc3c(F)cc(F)cc3c2C)C(F)(F)F)cn1. The van der Waals surface area contributed by atoms with Crippen molar-refractivity contribution in [3.8, 4) is 0 Å². The van der Waals surface area contributed by atoms with E-state index >= 15 is 0 Å². The van der Waals surface area contributed by atoms with Gasteiger partial charge >= 0.3 is 12.2 Å². The van der Waals surface area contributed by atoms with Gasteiger partial charge in [0.25, 0.3) is 0 Å². The van der Waals surface area contributed by atoms with Gasteiger partial charge in [-0.3, -0.25) is 0 Å². The number of carbonyl (C=O) groups is 1. The van der Waals surface area contributed by atoms with Gasteiger partial charge in [0.1, 0.15) is 11.6 Å². The summed E-state index contributed by atoms with van der Waals surface area (Å²) in [6.07, 6.45) is -2.60. The van der Waals surface area contributed by atoms with Gasteiger partial charge in [-0.05, 0) is 13.0 Å². The molecule has 0 aliphatic carbocycles. The molecule has 1 atom stereocenters. The molecular formula is C17H14F5N5O2. The Kier molecular flexibility index (Phi) is 5.27. The third kappa shape index (κ3) is 4.20. The number of nitrogens with one attached hydrogen (secondary N) is 3. The Hall–Kier alpha value is -3.44. The molecule has 1 unspecified atom stereocenters. The number of aromatic nitrogens is 2. The maximum absolute atomic E-state index is 13.9. The van der Waals surface area contributed by atoms with Crippen molar-refractivity contribution in [2.45, 2.75) is 19.1 Å². The first-order valence-electron chi connectivity index (χ1n) is 8.12. The molecule has 0 spiro atoms. The predicted molar refractivity (Wildman–Crippen MR) is 93.4 cm³/mol. The second-order valence-corrected chi connectivity index (χ2v) is 5.97. The summed E-state index contributed by atoms with van der Waals surface area (Å²) in [6.45, 7) is 1.21. The number of halogens is 5. The highest BCUT2D eigenvalue weighted by molar-refractivity contribution is 5.89. The maximum Gasteiger partial charge on any atom is 0.416 e. The van der Waals surface area contributed by atoms with E-state index in [4.69, 9.17) is 4.42 Å². The van der Waals surface area contributed by atoms with Crippen LogP contribution in [0.25, 0.3) is 11.0 Å². The molecule has 154 valence electrons. The van der Waals surface area contributed by atoms with Crippen molar-refractivity contribution in [2.75, 3.05) is 17.7 Å². The number of rotatable bonds is 4. The number of anilines is 2. The lowest BCUT2D eigenvalue weighted by Gasteiger charge is -2.20. The average molecular weight is 415 g/mol. The van der Waals surface area contributed by atoms with Crippen molar-refractivity contribution in [2.24, 2.45) is 0 Å². The Balaban J connectivity index is 1.90. The smallest absolute Gasteiger partial charge is 0.416 e. The molecule has 0 saturated heterocycles. The molecule has 0 radical (unpaired) electrons. The third-order valence-electron chi connectivity index (χ3n) is 3.99. The number of carbonyl (C=O) groups excluding carboxylic acids is 1. The van der Waals surface area contributed by atoms with Crippen LogP contribution < -0.4 is 16.0 Å². The van der Waals surface area contributed by atoms with E-state index in [1.165, 1.54) is 19.3 Å². The molecule has 3 N–H and O–H groups in total. The Morgan fingerprint density at radius 3 is 2.41 bits per heavy atom. The lowest BCUT2D eigenvalue weighted by molar-refractivity contribution is -0.158. The fourth-order valence-corrected chi connectivity index (χ4v) is 2.65. The van der Waals surface area contributed by atoms with Gasteiger partial charge in [0.05, 0.1) is 18.1 Å². The molecule has 3 rings (SSSR count). The second kappa shape index (κ2) is 7.53. The second-order valence-electron chi connectivity index (χ2n) is 5.97. The van der Waals surface area contributed by atoms with Crippen LogP contribution in [-0.4, -0.2) is 29.2 Å². The number of alkyl halides is 3. The quantitative estimate of drug-likeness (QED) is 0.554. The number of aryl methyl sites for hydroxylation is 1. The van der Waals surface area contributed by atoms with Gasteiger partial charge in [-0.15, -0.1) is 0 Å². The van der Waals surface area contributed by atoms with E-state index in [2.05, 4.69) is 20.6 Å². The van der Waals surface area contributed by atoms with Crippen LogP contribution in [0.15, 0.2) is 28.9 Å². The minimum Gasteiger partial charge on any atom is -0.455 e. The number of urea groups is 1. The zero-order valence-corrected chi connectivity index (χ0v) is 15.0. The molecule has 0 saturated carbocycles. The molecule has 7 nitrogen and oxygen atoms in total. The Bertz CT molecular complexity index is 1050. The van der Waals surface area contributed by atoms with E-state index in [0.29, 0.717) is 6.07 Å². The van der Waals surface area contributed by atoms with Crippen LogP contribution >= 0.6 is 0 Å². The molecule has 2 aromatic heterocycles. The van der Waals surface area contributed by atoms with Gasteiger partial charge in [0.2, 0.25) is 5.95 Å². The lowest BCUT2D eigenvalue weighted by Crippen LogP contribution is -2.40. The van der Waals surface area contributed by atoms with Gasteiger partial charge in [-0.1, -0.05) is 0 Å². The van der Waals surface area contributed by atoms with Gasteiger partial charge < -0.3 is 20.4 Å². The van der Waals surface area contributed by atoms with Crippen molar-refractivity contribution in [1.29, 1.82) is 0 Å². The van der Waals surface area contributed by atoms with E-state index < -0.39 is 41.2 Å². The van der Waals surface area contributed by atoms with Gasteiger partial charge in [0.15, 0.2) is 17.4 Å². The van der Waals surface area contributed by atoms with Crippen LogP contribution in [0.5, 0.6) is 0 Å². The Morgan fingerprint density at radius 2 is 1.83 bits per heavy atom. The van der Waals surface area contributed by atoms with Gasteiger partial charge in [-0.2, -0.15) is 13.2 Å². The third-order valence-corrected chi connectivity index (χ3v) is 3.99. The standard InChI is InChI=1S/C17H14F5N5O2/c1-7-10-3-8(18)4-11(19)13(10)29-12(7)14(17(20,21)22)27-16(28)26-9-5-24-15(23-2)25-6-9/h3-6,14H,1-2H3,(H,23,24,25)(H2,26,27,28).